The van der Waals surface area contributed by atoms with Gasteiger partial charge in [-0.2, -0.15) is 0 Å². The Morgan fingerprint density at radius 2 is 1.55 bits per heavy atom. The van der Waals surface area contributed by atoms with E-state index in [-0.39, 0.29) is 17.2 Å². The number of pyridine rings is 1. The van der Waals surface area contributed by atoms with Crippen LogP contribution < -0.4 is 10.9 Å². The third kappa shape index (κ3) is 3.41. The predicted octanol–water partition coefficient (Wildman–Crippen LogP) is 4.52. The number of nitrogens with zero attached hydrogens (tertiary/aromatic N) is 1. The molecule has 2 aromatic carbocycles. The fourth-order valence-corrected chi connectivity index (χ4v) is 5.61. The molecule has 1 N–H and O–H groups in total. The molecular weight excluding hydrogens is 412 g/mol. The van der Waals surface area contributed by atoms with E-state index in [4.69, 9.17) is 4.42 Å². The number of nitrogens with one attached hydrogen (secondary N) is 1. The van der Waals surface area contributed by atoms with E-state index >= 15 is 0 Å². The molecule has 1 atom stereocenters. The van der Waals surface area contributed by atoms with Gasteiger partial charge in [-0.15, -0.1) is 0 Å². The van der Waals surface area contributed by atoms with E-state index in [0.717, 1.165) is 6.42 Å². The van der Waals surface area contributed by atoms with Crippen molar-refractivity contribution < 1.29 is 9.21 Å². The molecule has 0 fully saturated rings. The van der Waals surface area contributed by atoms with Gasteiger partial charge in [0.1, 0.15) is 5.76 Å². The molecule has 0 saturated heterocycles. The van der Waals surface area contributed by atoms with E-state index in [2.05, 4.69) is 53.8 Å². The zero-order valence-corrected chi connectivity index (χ0v) is 18.1. The van der Waals surface area contributed by atoms with Gasteiger partial charge in [0.25, 0.3) is 11.5 Å². The maximum absolute atomic E-state index is 12.8. The van der Waals surface area contributed by atoms with Crippen LogP contribution in [0, 0.1) is 5.92 Å². The van der Waals surface area contributed by atoms with Crippen LogP contribution in [0.4, 0.5) is 0 Å². The van der Waals surface area contributed by atoms with Crippen molar-refractivity contribution in [3.8, 4) is 0 Å². The number of aromatic nitrogens is 1. The van der Waals surface area contributed by atoms with E-state index < -0.39 is 0 Å². The molecule has 4 aromatic rings. The summed E-state index contributed by atoms with van der Waals surface area (Å²) < 4.78 is 7.30. The Labute approximate surface area is 191 Å². The number of hydrogen-bond acceptors (Lipinski definition) is 3. The number of amides is 1. The van der Waals surface area contributed by atoms with Gasteiger partial charge in [-0.3, -0.25) is 9.59 Å². The minimum atomic E-state index is -0.218. The largest absolute Gasteiger partial charge is 0.454 e. The molecule has 7 rings (SSSR count). The predicted molar refractivity (Wildman–Crippen MR) is 126 cm³/mol. The molecule has 1 amide bonds. The van der Waals surface area contributed by atoms with Crippen molar-refractivity contribution in [1.29, 1.82) is 0 Å². The van der Waals surface area contributed by atoms with E-state index in [1.807, 2.05) is 0 Å². The fourth-order valence-electron chi connectivity index (χ4n) is 5.61. The van der Waals surface area contributed by atoms with Crippen molar-refractivity contribution >= 4 is 5.91 Å². The van der Waals surface area contributed by atoms with Crippen LogP contribution in [-0.2, 0) is 6.54 Å². The van der Waals surface area contributed by atoms with Crippen LogP contribution in [0.15, 0.2) is 94.3 Å². The highest BCUT2D eigenvalue weighted by molar-refractivity contribution is 5.91. The van der Waals surface area contributed by atoms with Gasteiger partial charge in [-0.1, -0.05) is 54.6 Å². The Morgan fingerprint density at radius 1 is 0.879 bits per heavy atom. The van der Waals surface area contributed by atoms with E-state index in [0.29, 0.717) is 36.6 Å². The lowest BCUT2D eigenvalue weighted by molar-refractivity contribution is 0.0913. The average molecular weight is 437 g/mol. The molecule has 3 aliphatic carbocycles. The third-order valence-corrected chi connectivity index (χ3v) is 7.06. The molecule has 2 heterocycles. The van der Waals surface area contributed by atoms with Gasteiger partial charge in [0, 0.05) is 30.6 Å². The first kappa shape index (κ1) is 19.8. The van der Waals surface area contributed by atoms with Crippen molar-refractivity contribution in [2.75, 3.05) is 6.54 Å². The highest BCUT2D eigenvalue weighted by atomic mass is 16.4. The molecule has 164 valence electrons. The number of hydrogen-bond donors (Lipinski definition) is 1. The second-order valence-electron chi connectivity index (χ2n) is 8.93. The molecule has 0 spiro atoms. The quantitative estimate of drug-likeness (QED) is 0.500. The molecule has 5 nitrogen and oxygen atoms in total. The van der Waals surface area contributed by atoms with E-state index in [1.54, 1.807) is 35.0 Å². The van der Waals surface area contributed by atoms with Crippen molar-refractivity contribution in [3.05, 3.63) is 129 Å². The summed E-state index contributed by atoms with van der Waals surface area (Å²) in [4.78, 5) is 24.8. The molecule has 5 heteroatoms. The molecular formula is C28H24N2O3. The Kier molecular flexibility index (Phi) is 4.75. The minimum Gasteiger partial charge on any atom is -0.454 e. The van der Waals surface area contributed by atoms with Gasteiger partial charge < -0.3 is 14.3 Å². The van der Waals surface area contributed by atoms with Gasteiger partial charge in [0.15, 0.2) is 5.76 Å². The average Bonchev–Trinajstić information content (AvgIpc) is 3.33. The number of carbonyl (C=O) groups is 1. The van der Waals surface area contributed by atoms with E-state index in [1.165, 1.54) is 28.3 Å². The zero-order chi connectivity index (χ0) is 22.4. The highest BCUT2D eigenvalue weighted by Gasteiger charge is 2.42. The summed E-state index contributed by atoms with van der Waals surface area (Å²) in [5.41, 5.74) is 5.53. The Morgan fingerprint density at radius 3 is 2.24 bits per heavy atom. The number of carbonyl (C=O) groups excluding carboxylic acids is 1. The van der Waals surface area contributed by atoms with Crippen LogP contribution in [0.25, 0.3) is 0 Å². The normalized spacial score (nSPS) is 20.2. The van der Waals surface area contributed by atoms with Gasteiger partial charge >= 0.3 is 0 Å². The van der Waals surface area contributed by atoms with Gasteiger partial charge in [0.2, 0.25) is 0 Å². The van der Waals surface area contributed by atoms with Crippen molar-refractivity contribution in [2.24, 2.45) is 5.92 Å². The van der Waals surface area contributed by atoms with Crippen molar-refractivity contribution in [1.82, 2.24) is 9.88 Å². The maximum atomic E-state index is 12.8. The van der Waals surface area contributed by atoms with Crippen molar-refractivity contribution in [3.63, 3.8) is 0 Å². The van der Waals surface area contributed by atoms with Gasteiger partial charge in [-0.05, 0) is 52.8 Å². The lowest BCUT2D eigenvalue weighted by atomic mass is 9.59. The van der Waals surface area contributed by atoms with Crippen LogP contribution in [0.3, 0.4) is 0 Å². The second-order valence-corrected chi connectivity index (χ2v) is 8.93. The number of benzene rings is 2. The molecule has 33 heavy (non-hydrogen) atoms. The highest BCUT2D eigenvalue weighted by Crippen LogP contribution is 2.55. The Hall–Kier alpha value is -3.86. The smallest absolute Gasteiger partial charge is 0.287 e. The molecule has 1 unspecified atom stereocenters. The second kappa shape index (κ2) is 7.93. The molecule has 3 aliphatic rings. The third-order valence-electron chi connectivity index (χ3n) is 7.06. The topological polar surface area (TPSA) is 64.2 Å². The molecule has 0 radical (unpaired) electrons. The summed E-state index contributed by atoms with van der Waals surface area (Å²) in [7, 11) is 0. The summed E-state index contributed by atoms with van der Waals surface area (Å²) in [5, 5.41) is 3.10. The summed E-state index contributed by atoms with van der Waals surface area (Å²) in [5.74, 6) is 1.64. The zero-order valence-electron chi connectivity index (χ0n) is 18.1. The summed E-state index contributed by atoms with van der Waals surface area (Å²) in [6.07, 6.45) is 2.73. The van der Waals surface area contributed by atoms with E-state index in [9.17, 15) is 9.59 Å². The lowest BCUT2D eigenvalue weighted by Gasteiger charge is -2.45. The SMILES string of the molecule is O=C(NCC1CC2c3ccccc3C1c1ccccc12)c1ccc(Cn2ccccc2=O)o1. The lowest BCUT2D eigenvalue weighted by Crippen LogP contribution is -2.39. The first-order chi connectivity index (χ1) is 16.2. The first-order valence-electron chi connectivity index (χ1n) is 11.4. The molecule has 0 saturated carbocycles. The van der Waals surface area contributed by atoms with Crippen LogP contribution in [0.5, 0.6) is 0 Å². The summed E-state index contributed by atoms with van der Waals surface area (Å²) >= 11 is 0. The van der Waals surface area contributed by atoms with Crippen LogP contribution in [-0.4, -0.2) is 17.0 Å². The summed E-state index contributed by atoms with van der Waals surface area (Å²) in [6, 6.07) is 25.9. The monoisotopic (exact) mass is 436 g/mol. The number of fused-ring (bicyclic) bond motifs is 1. The fraction of sp³-hybridized carbons (Fsp3) is 0.214. The maximum Gasteiger partial charge on any atom is 0.287 e. The standard InChI is InChI=1S/C28H24N2O3/c31-26-11-5-6-14-30(26)17-19-12-13-25(33-19)28(32)29-16-18-15-24-20-7-1-3-9-22(20)27(18)23-10-4-2-8-21(23)24/h1-14,18,24,27H,15-17H2,(H,29,32). The van der Waals surface area contributed by atoms with Crippen LogP contribution in [0.2, 0.25) is 0 Å². The van der Waals surface area contributed by atoms with Crippen molar-refractivity contribution in [2.45, 2.75) is 24.8 Å². The van der Waals surface area contributed by atoms with Crippen LogP contribution >= 0.6 is 0 Å². The first-order valence-corrected chi connectivity index (χ1v) is 11.4. The van der Waals surface area contributed by atoms with Gasteiger partial charge in [0.05, 0.1) is 6.54 Å². The Balaban J connectivity index is 1.18. The minimum absolute atomic E-state index is 0.104. The molecule has 2 aromatic heterocycles. The Bertz CT molecular complexity index is 1350. The molecule has 0 aliphatic heterocycles. The van der Waals surface area contributed by atoms with Gasteiger partial charge in [-0.25, -0.2) is 0 Å². The number of rotatable bonds is 5. The molecule has 2 bridgehead atoms. The van der Waals surface area contributed by atoms with Crippen LogP contribution in [0.1, 0.15) is 56.8 Å². The number of furan rings is 1. The summed E-state index contributed by atoms with van der Waals surface area (Å²) in [6.45, 7) is 0.893.